The highest BCUT2D eigenvalue weighted by molar-refractivity contribution is 7.99. The molecular formula is C20H20N4OS. The van der Waals surface area contributed by atoms with Crippen LogP contribution in [0.1, 0.15) is 39.0 Å². The lowest BCUT2D eigenvalue weighted by molar-refractivity contribution is 0.102. The lowest BCUT2D eigenvalue weighted by atomic mass is 10.0. The Morgan fingerprint density at radius 3 is 2.65 bits per heavy atom. The van der Waals surface area contributed by atoms with E-state index in [0.29, 0.717) is 10.9 Å². The molecule has 6 heteroatoms. The van der Waals surface area contributed by atoms with Crippen LogP contribution in [-0.4, -0.2) is 31.7 Å². The van der Waals surface area contributed by atoms with Crippen molar-refractivity contribution in [3.63, 3.8) is 0 Å². The second-order valence-corrected chi connectivity index (χ2v) is 7.71. The summed E-state index contributed by atoms with van der Waals surface area (Å²) >= 11 is 1.37. The molecule has 0 aliphatic heterocycles. The summed E-state index contributed by atoms with van der Waals surface area (Å²) in [5.41, 5.74) is 6.71. The number of aromatic nitrogens is 4. The van der Waals surface area contributed by atoms with Crippen LogP contribution in [0.2, 0.25) is 0 Å². The summed E-state index contributed by atoms with van der Waals surface area (Å²) in [5.74, 6) is 0.434. The van der Waals surface area contributed by atoms with Crippen LogP contribution in [0.25, 0.3) is 5.69 Å². The van der Waals surface area contributed by atoms with Gasteiger partial charge < -0.3 is 0 Å². The smallest absolute Gasteiger partial charge is 0.214 e. The van der Waals surface area contributed by atoms with Crippen molar-refractivity contribution in [2.45, 2.75) is 38.3 Å². The molecule has 1 aliphatic carbocycles. The third-order valence-corrected chi connectivity index (χ3v) is 5.56. The van der Waals surface area contributed by atoms with Gasteiger partial charge in [-0.05, 0) is 84.0 Å². The van der Waals surface area contributed by atoms with Gasteiger partial charge in [0.15, 0.2) is 5.78 Å². The van der Waals surface area contributed by atoms with Gasteiger partial charge in [0.2, 0.25) is 5.16 Å². The molecule has 3 aromatic rings. The van der Waals surface area contributed by atoms with Crippen LogP contribution in [0.15, 0.2) is 41.6 Å². The Kier molecular flexibility index (Phi) is 4.59. The van der Waals surface area contributed by atoms with Crippen molar-refractivity contribution in [3.05, 3.63) is 64.2 Å². The number of carbonyl (C=O) groups excluding carboxylic acids is 1. The molecule has 1 aliphatic rings. The molecule has 0 saturated heterocycles. The molecule has 0 atom stereocenters. The quantitative estimate of drug-likeness (QED) is 0.510. The van der Waals surface area contributed by atoms with E-state index in [-0.39, 0.29) is 5.78 Å². The number of Topliss-reactive ketones (excluding diaryl/α,β-unsaturated/α-hetero) is 1. The lowest BCUT2D eigenvalue weighted by Gasteiger charge is -2.07. The maximum Gasteiger partial charge on any atom is 0.214 e. The van der Waals surface area contributed by atoms with Gasteiger partial charge in [0.25, 0.3) is 0 Å². The Bertz CT molecular complexity index is 959. The average molecular weight is 364 g/mol. The first-order valence-electron chi connectivity index (χ1n) is 8.75. The molecule has 0 unspecified atom stereocenters. The Labute approximate surface area is 156 Å². The molecule has 0 amide bonds. The molecule has 0 fully saturated rings. The van der Waals surface area contributed by atoms with Gasteiger partial charge in [-0.3, -0.25) is 4.79 Å². The molecular weight excluding hydrogens is 344 g/mol. The molecule has 5 nitrogen and oxygen atoms in total. The lowest BCUT2D eigenvalue weighted by Crippen LogP contribution is -2.06. The van der Waals surface area contributed by atoms with E-state index < -0.39 is 0 Å². The first-order valence-corrected chi connectivity index (χ1v) is 9.73. The van der Waals surface area contributed by atoms with Crippen LogP contribution < -0.4 is 0 Å². The Balaban J connectivity index is 1.50. The van der Waals surface area contributed by atoms with Crippen molar-refractivity contribution in [1.29, 1.82) is 0 Å². The van der Waals surface area contributed by atoms with Crippen LogP contribution in [0.5, 0.6) is 0 Å². The predicted octanol–water partition coefficient (Wildman–Crippen LogP) is 3.74. The van der Waals surface area contributed by atoms with Crippen LogP contribution >= 0.6 is 11.8 Å². The van der Waals surface area contributed by atoms with Crippen molar-refractivity contribution in [3.8, 4) is 5.69 Å². The highest BCUT2D eigenvalue weighted by atomic mass is 32.2. The molecule has 4 rings (SSSR count). The fourth-order valence-electron chi connectivity index (χ4n) is 3.46. The first kappa shape index (κ1) is 17.0. The number of tetrazole rings is 1. The Morgan fingerprint density at radius 2 is 1.85 bits per heavy atom. The van der Waals surface area contributed by atoms with Gasteiger partial charge in [-0.15, -0.1) is 5.10 Å². The number of carbonyl (C=O) groups is 1. The van der Waals surface area contributed by atoms with E-state index in [0.717, 1.165) is 35.2 Å². The zero-order chi connectivity index (χ0) is 18.1. The summed E-state index contributed by atoms with van der Waals surface area (Å²) in [5, 5.41) is 12.6. The molecule has 2 aromatic carbocycles. The van der Waals surface area contributed by atoms with E-state index in [1.807, 2.05) is 32.0 Å². The highest BCUT2D eigenvalue weighted by Gasteiger charge is 2.16. The molecule has 1 heterocycles. The van der Waals surface area contributed by atoms with Crippen molar-refractivity contribution in [1.82, 2.24) is 20.2 Å². The Morgan fingerprint density at radius 1 is 1.08 bits per heavy atom. The zero-order valence-electron chi connectivity index (χ0n) is 14.9. The van der Waals surface area contributed by atoms with Gasteiger partial charge in [-0.25, -0.2) is 0 Å². The fourth-order valence-corrected chi connectivity index (χ4v) is 4.25. The maximum absolute atomic E-state index is 12.6. The van der Waals surface area contributed by atoms with Crippen LogP contribution in [0, 0.1) is 13.8 Å². The number of nitrogens with zero attached hydrogens (tertiary/aromatic N) is 4. The third-order valence-electron chi connectivity index (χ3n) is 4.64. The second kappa shape index (κ2) is 7.03. The summed E-state index contributed by atoms with van der Waals surface area (Å²) in [6.07, 6.45) is 3.39. The molecule has 0 N–H and O–H groups in total. The number of fused-ring (bicyclic) bond motifs is 1. The van der Waals surface area contributed by atoms with Crippen LogP contribution in [-0.2, 0) is 12.8 Å². The number of aryl methyl sites for hydroxylation is 4. The minimum atomic E-state index is 0.111. The van der Waals surface area contributed by atoms with Crippen molar-refractivity contribution < 1.29 is 4.79 Å². The standard InChI is InChI=1S/C20H20N4OS/c1-13-8-14(2)10-18(9-13)24-20(21-22-23-24)26-12-19(25)17-7-6-15-4-3-5-16(15)11-17/h6-11H,3-5,12H2,1-2H3. The van der Waals surface area contributed by atoms with E-state index in [1.165, 1.54) is 29.3 Å². The van der Waals surface area contributed by atoms with Crippen molar-refractivity contribution in [2.75, 3.05) is 5.75 Å². The average Bonchev–Trinajstić information content (AvgIpc) is 3.27. The van der Waals surface area contributed by atoms with Gasteiger partial charge in [0.05, 0.1) is 11.4 Å². The van der Waals surface area contributed by atoms with E-state index in [1.54, 1.807) is 4.68 Å². The summed E-state index contributed by atoms with van der Waals surface area (Å²) in [4.78, 5) is 12.6. The summed E-state index contributed by atoms with van der Waals surface area (Å²) in [7, 11) is 0. The SMILES string of the molecule is Cc1cc(C)cc(-n2nnnc2SCC(=O)c2ccc3c(c2)CCC3)c1. The zero-order valence-corrected chi connectivity index (χ0v) is 15.7. The number of thioether (sulfide) groups is 1. The van der Waals surface area contributed by atoms with Gasteiger partial charge in [-0.2, -0.15) is 4.68 Å². The van der Waals surface area contributed by atoms with Crippen molar-refractivity contribution in [2.24, 2.45) is 0 Å². The largest absolute Gasteiger partial charge is 0.293 e. The summed E-state index contributed by atoms with van der Waals surface area (Å²) in [6.45, 7) is 4.09. The third kappa shape index (κ3) is 3.42. The van der Waals surface area contributed by atoms with E-state index in [2.05, 4.69) is 33.7 Å². The first-order chi connectivity index (χ1) is 12.6. The molecule has 0 radical (unpaired) electrons. The van der Waals surface area contributed by atoms with E-state index >= 15 is 0 Å². The fraction of sp³-hybridized carbons (Fsp3) is 0.300. The van der Waals surface area contributed by atoms with E-state index in [4.69, 9.17) is 0 Å². The minimum absolute atomic E-state index is 0.111. The predicted molar refractivity (Wildman–Crippen MR) is 102 cm³/mol. The molecule has 1 aromatic heterocycles. The summed E-state index contributed by atoms with van der Waals surface area (Å²) in [6, 6.07) is 12.3. The number of hydrogen-bond acceptors (Lipinski definition) is 5. The molecule has 132 valence electrons. The molecule has 0 bridgehead atoms. The number of rotatable bonds is 5. The van der Waals surface area contributed by atoms with Gasteiger partial charge in [0, 0.05) is 5.56 Å². The monoisotopic (exact) mass is 364 g/mol. The maximum atomic E-state index is 12.6. The van der Waals surface area contributed by atoms with Gasteiger partial charge in [0.1, 0.15) is 0 Å². The number of ketones is 1. The summed E-state index contributed by atoms with van der Waals surface area (Å²) < 4.78 is 1.70. The molecule has 0 spiro atoms. The highest BCUT2D eigenvalue weighted by Crippen LogP contribution is 2.25. The normalized spacial score (nSPS) is 13.0. The Hall–Kier alpha value is -2.47. The van der Waals surface area contributed by atoms with Gasteiger partial charge >= 0.3 is 0 Å². The van der Waals surface area contributed by atoms with E-state index in [9.17, 15) is 4.79 Å². The van der Waals surface area contributed by atoms with Crippen LogP contribution in [0.3, 0.4) is 0 Å². The van der Waals surface area contributed by atoms with Crippen LogP contribution in [0.4, 0.5) is 0 Å². The molecule has 0 saturated carbocycles. The minimum Gasteiger partial charge on any atom is -0.293 e. The number of benzene rings is 2. The second-order valence-electron chi connectivity index (χ2n) is 6.77. The molecule has 26 heavy (non-hydrogen) atoms. The number of hydrogen-bond donors (Lipinski definition) is 0. The van der Waals surface area contributed by atoms with Gasteiger partial charge in [-0.1, -0.05) is 30.0 Å². The topological polar surface area (TPSA) is 60.7 Å². The van der Waals surface area contributed by atoms with Crippen molar-refractivity contribution >= 4 is 17.5 Å².